The topological polar surface area (TPSA) is 95.6 Å². The molecule has 7 nitrogen and oxygen atoms in total. The highest BCUT2D eigenvalue weighted by Gasteiger charge is 2.45. The molecule has 3 aliphatic rings. The van der Waals surface area contributed by atoms with Crippen LogP contribution in [0.25, 0.3) is 0 Å². The number of rotatable bonds is 3. The van der Waals surface area contributed by atoms with E-state index in [0.29, 0.717) is 16.4 Å². The zero-order valence-corrected chi connectivity index (χ0v) is 14.9. The lowest BCUT2D eigenvalue weighted by Gasteiger charge is -2.28. The van der Waals surface area contributed by atoms with E-state index < -0.39 is 23.8 Å². The Hall–Kier alpha value is -2.19. The summed E-state index contributed by atoms with van der Waals surface area (Å²) in [6, 6.07) is 4.34. The standard InChI is InChI=1S/C18H19N3O4S/c22-14-7-6-12(16(23)20-14)21-17(24)11-4-1-5-13(15(11)18(21)25)26-10-3-2-8-19-9-10/h1,4-5,10,12,19H,2-3,6-9H2,(H,20,22,23). The molecule has 26 heavy (non-hydrogen) atoms. The number of carbonyl (C=O) groups excluding carboxylic acids is 4. The van der Waals surface area contributed by atoms with Crippen LogP contribution in [-0.4, -0.2) is 52.9 Å². The Morgan fingerprint density at radius 3 is 2.65 bits per heavy atom. The van der Waals surface area contributed by atoms with Gasteiger partial charge in [-0.1, -0.05) is 6.07 Å². The molecular formula is C18H19N3O4S. The summed E-state index contributed by atoms with van der Waals surface area (Å²) in [7, 11) is 0. The van der Waals surface area contributed by atoms with Crippen LogP contribution < -0.4 is 10.6 Å². The number of nitrogens with one attached hydrogen (secondary N) is 2. The van der Waals surface area contributed by atoms with Gasteiger partial charge in [0.15, 0.2) is 0 Å². The van der Waals surface area contributed by atoms with Crippen LogP contribution >= 0.6 is 11.8 Å². The summed E-state index contributed by atoms with van der Waals surface area (Å²) in [6.45, 7) is 1.87. The molecule has 0 aliphatic carbocycles. The van der Waals surface area contributed by atoms with E-state index in [1.807, 2.05) is 6.07 Å². The maximum absolute atomic E-state index is 13.0. The Morgan fingerprint density at radius 2 is 1.92 bits per heavy atom. The molecule has 4 rings (SSSR count). The molecule has 0 radical (unpaired) electrons. The Balaban J connectivity index is 1.62. The van der Waals surface area contributed by atoms with Gasteiger partial charge in [-0.25, -0.2) is 0 Å². The second kappa shape index (κ2) is 6.85. The number of nitrogens with zero attached hydrogens (tertiary/aromatic N) is 1. The van der Waals surface area contributed by atoms with Crippen LogP contribution in [0.5, 0.6) is 0 Å². The summed E-state index contributed by atoms with van der Waals surface area (Å²) in [4.78, 5) is 51.1. The molecule has 0 bridgehead atoms. The lowest BCUT2D eigenvalue weighted by molar-refractivity contribution is -0.136. The Bertz CT molecular complexity index is 804. The fourth-order valence-electron chi connectivity index (χ4n) is 3.68. The molecule has 2 N–H and O–H groups in total. The van der Waals surface area contributed by atoms with Crippen molar-refractivity contribution in [1.82, 2.24) is 15.5 Å². The molecule has 2 fully saturated rings. The van der Waals surface area contributed by atoms with Gasteiger partial charge in [0.2, 0.25) is 11.8 Å². The van der Waals surface area contributed by atoms with Crippen LogP contribution in [0.3, 0.4) is 0 Å². The van der Waals surface area contributed by atoms with E-state index in [4.69, 9.17) is 0 Å². The first-order chi connectivity index (χ1) is 12.6. The molecule has 136 valence electrons. The first kappa shape index (κ1) is 17.2. The van der Waals surface area contributed by atoms with E-state index in [0.717, 1.165) is 35.7 Å². The zero-order chi connectivity index (χ0) is 18.3. The predicted octanol–water partition coefficient (Wildman–Crippen LogP) is 0.932. The molecule has 2 saturated heterocycles. The SMILES string of the molecule is O=C1CCC(N2C(=O)c3cccc(SC4CCCNC4)c3C2=O)C(=O)N1. The second-order valence-electron chi connectivity index (χ2n) is 6.71. The third-order valence-electron chi connectivity index (χ3n) is 4.98. The van der Waals surface area contributed by atoms with Gasteiger partial charge in [0.05, 0.1) is 11.1 Å². The maximum Gasteiger partial charge on any atom is 0.263 e. The molecule has 0 saturated carbocycles. The van der Waals surface area contributed by atoms with Gasteiger partial charge in [0.1, 0.15) is 6.04 Å². The summed E-state index contributed by atoms with van der Waals surface area (Å²) >= 11 is 1.61. The van der Waals surface area contributed by atoms with Gasteiger partial charge < -0.3 is 5.32 Å². The normalized spacial score (nSPS) is 26.1. The van der Waals surface area contributed by atoms with Crippen molar-refractivity contribution >= 4 is 35.4 Å². The van der Waals surface area contributed by atoms with Crippen molar-refractivity contribution in [3.8, 4) is 0 Å². The Kier molecular flexibility index (Phi) is 4.54. The Morgan fingerprint density at radius 1 is 1.08 bits per heavy atom. The highest BCUT2D eigenvalue weighted by Crippen LogP contribution is 2.37. The number of hydrogen-bond donors (Lipinski definition) is 2. The first-order valence-electron chi connectivity index (χ1n) is 8.78. The van der Waals surface area contributed by atoms with Crippen molar-refractivity contribution in [3.63, 3.8) is 0 Å². The van der Waals surface area contributed by atoms with E-state index in [1.54, 1.807) is 23.9 Å². The summed E-state index contributed by atoms with van der Waals surface area (Å²) in [5, 5.41) is 5.91. The largest absolute Gasteiger partial charge is 0.316 e. The van der Waals surface area contributed by atoms with Gasteiger partial charge >= 0.3 is 0 Å². The highest BCUT2D eigenvalue weighted by molar-refractivity contribution is 8.00. The number of piperidine rings is 2. The van der Waals surface area contributed by atoms with E-state index >= 15 is 0 Å². The van der Waals surface area contributed by atoms with Crippen LogP contribution in [-0.2, 0) is 9.59 Å². The molecule has 2 atom stereocenters. The molecule has 0 aromatic heterocycles. The van der Waals surface area contributed by atoms with Crippen molar-refractivity contribution in [2.45, 2.75) is 41.9 Å². The van der Waals surface area contributed by atoms with E-state index in [-0.39, 0.29) is 18.7 Å². The van der Waals surface area contributed by atoms with Gasteiger partial charge in [-0.15, -0.1) is 11.8 Å². The minimum Gasteiger partial charge on any atom is -0.316 e. The van der Waals surface area contributed by atoms with E-state index in [9.17, 15) is 19.2 Å². The molecule has 8 heteroatoms. The molecule has 4 amide bonds. The third kappa shape index (κ3) is 2.93. The summed E-state index contributed by atoms with van der Waals surface area (Å²) < 4.78 is 0. The van der Waals surface area contributed by atoms with Gasteiger partial charge in [-0.3, -0.25) is 29.4 Å². The van der Waals surface area contributed by atoms with Crippen LogP contribution in [0, 0.1) is 0 Å². The lowest BCUT2D eigenvalue weighted by atomic mass is 10.0. The number of imide groups is 2. The summed E-state index contributed by atoms with van der Waals surface area (Å²) in [5.74, 6) is -1.85. The molecule has 2 unspecified atom stereocenters. The van der Waals surface area contributed by atoms with E-state index in [2.05, 4.69) is 10.6 Å². The fraction of sp³-hybridized carbons (Fsp3) is 0.444. The monoisotopic (exact) mass is 373 g/mol. The predicted molar refractivity (Wildman–Crippen MR) is 94.9 cm³/mol. The average Bonchev–Trinajstić information content (AvgIpc) is 2.88. The van der Waals surface area contributed by atoms with Crippen molar-refractivity contribution < 1.29 is 19.2 Å². The average molecular weight is 373 g/mol. The minimum absolute atomic E-state index is 0.124. The first-order valence-corrected chi connectivity index (χ1v) is 9.66. The van der Waals surface area contributed by atoms with Crippen molar-refractivity contribution in [2.75, 3.05) is 13.1 Å². The molecule has 0 spiro atoms. The van der Waals surface area contributed by atoms with Crippen molar-refractivity contribution in [1.29, 1.82) is 0 Å². The number of carbonyl (C=O) groups is 4. The van der Waals surface area contributed by atoms with Crippen LogP contribution in [0.2, 0.25) is 0 Å². The maximum atomic E-state index is 13.0. The molecule has 3 heterocycles. The molecule has 1 aromatic carbocycles. The van der Waals surface area contributed by atoms with Crippen LogP contribution in [0.1, 0.15) is 46.4 Å². The smallest absolute Gasteiger partial charge is 0.263 e. The second-order valence-corrected chi connectivity index (χ2v) is 8.05. The lowest BCUT2D eigenvalue weighted by Crippen LogP contribution is -2.54. The van der Waals surface area contributed by atoms with E-state index in [1.165, 1.54) is 0 Å². The van der Waals surface area contributed by atoms with Gasteiger partial charge in [0.25, 0.3) is 11.8 Å². The number of thioether (sulfide) groups is 1. The molecular weight excluding hydrogens is 354 g/mol. The minimum atomic E-state index is -0.922. The summed E-state index contributed by atoms with van der Waals surface area (Å²) in [6.07, 6.45) is 2.44. The highest BCUT2D eigenvalue weighted by atomic mass is 32.2. The van der Waals surface area contributed by atoms with Crippen molar-refractivity contribution in [3.05, 3.63) is 29.3 Å². The zero-order valence-electron chi connectivity index (χ0n) is 14.1. The van der Waals surface area contributed by atoms with Gasteiger partial charge in [-0.05, 0) is 37.9 Å². The number of amides is 4. The van der Waals surface area contributed by atoms with Gasteiger partial charge in [0, 0.05) is 23.1 Å². The van der Waals surface area contributed by atoms with Gasteiger partial charge in [-0.2, -0.15) is 0 Å². The quantitative estimate of drug-likeness (QED) is 0.766. The number of hydrogen-bond acceptors (Lipinski definition) is 6. The number of benzene rings is 1. The summed E-state index contributed by atoms with van der Waals surface area (Å²) in [5.41, 5.74) is 0.728. The third-order valence-corrected chi connectivity index (χ3v) is 6.31. The van der Waals surface area contributed by atoms with Crippen LogP contribution in [0.4, 0.5) is 0 Å². The van der Waals surface area contributed by atoms with Crippen LogP contribution in [0.15, 0.2) is 23.1 Å². The molecule has 1 aromatic rings. The number of fused-ring (bicyclic) bond motifs is 1. The van der Waals surface area contributed by atoms with Crippen molar-refractivity contribution in [2.24, 2.45) is 0 Å². The fourth-order valence-corrected chi connectivity index (χ4v) is 5.00. The molecule has 3 aliphatic heterocycles. The Labute approximate surface area is 154 Å².